The van der Waals surface area contributed by atoms with E-state index in [0.29, 0.717) is 0 Å². The molecule has 0 aromatic carbocycles. The number of hydrogen-bond donors (Lipinski definition) is 0. The lowest BCUT2D eigenvalue weighted by molar-refractivity contribution is -0.382. The van der Waals surface area contributed by atoms with Crippen LogP contribution in [0.15, 0.2) is 18.5 Å². The summed E-state index contributed by atoms with van der Waals surface area (Å²) in [5.74, 6) is -17.6. The fraction of sp³-hybridized carbons (Fsp3) is 0.467. The van der Waals surface area contributed by atoms with Crippen LogP contribution in [-0.4, -0.2) is 49.3 Å². The maximum atomic E-state index is 14.0. The summed E-state index contributed by atoms with van der Waals surface area (Å²) in [7, 11) is -8.69. The van der Waals surface area contributed by atoms with Gasteiger partial charge in [0, 0.05) is 28.9 Å². The third-order valence-corrected chi connectivity index (χ3v) is 7.20. The maximum Gasteiger partial charge on any atom is 0.460 e. The van der Waals surface area contributed by atoms with Gasteiger partial charge in [-0.05, 0) is 6.92 Å². The molecule has 32 heavy (non-hydrogen) atoms. The van der Waals surface area contributed by atoms with Crippen molar-refractivity contribution in [3.8, 4) is 5.75 Å². The molecule has 2 heterocycles. The van der Waals surface area contributed by atoms with E-state index < -0.39 is 65.8 Å². The van der Waals surface area contributed by atoms with Gasteiger partial charge in [-0.25, -0.2) is 4.79 Å². The number of pyridine rings is 1. The first-order valence-electron chi connectivity index (χ1n) is 8.01. The monoisotopic (exact) mass is 520 g/mol. The number of halogens is 9. The zero-order valence-electron chi connectivity index (χ0n) is 15.6. The van der Waals surface area contributed by atoms with Crippen LogP contribution in [0, 0.1) is 0 Å². The van der Waals surface area contributed by atoms with Crippen molar-refractivity contribution in [1.29, 1.82) is 0 Å². The van der Waals surface area contributed by atoms with Crippen LogP contribution in [0.25, 0.3) is 10.1 Å². The van der Waals surface area contributed by atoms with E-state index in [9.17, 15) is 52.7 Å². The average molecular weight is 520 g/mol. The van der Waals surface area contributed by atoms with E-state index in [-0.39, 0.29) is 11.3 Å². The van der Waals surface area contributed by atoms with Gasteiger partial charge in [-0.2, -0.15) is 47.9 Å². The fourth-order valence-corrected chi connectivity index (χ4v) is 5.06. The quantitative estimate of drug-likeness (QED) is 0.225. The van der Waals surface area contributed by atoms with Crippen molar-refractivity contribution in [3.05, 3.63) is 23.3 Å². The maximum absolute atomic E-state index is 14.0. The number of thiophene rings is 1. The Morgan fingerprint density at radius 3 is 2.12 bits per heavy atom. The van der Waals surface area contributed by atoms with Crippen LogP contribution in [0.5, 0.6) is 5.75 Å². The summed E-state index contributed by atoms with van der Waals surface area (Å²) in [6.07, 6.45) is -4.05. The molecule has 0 spiro atoms. The number of carbonyl (C=O) groups is 1. The third-order valence-electron chi connectivity index (χ3n) is 3.95. The van der Waals surface area contributed by atoms with Crippen LogP contribution < -0.4 is 4.18 Å². The van der Waals surface area contributed by atoms with Gasteiger partial charge in [-0.3, -0.25) is 4.98 Å². The summed E-state index contributed by atoms with van der Waals surface area (Å²) in [4.78, 5) is 15.0. The molecule has 0 saturated carbocycles. The normalized spacial score (nSPS) is 14.5. The molecule has 2 aromatic heterocycles. The number of aromatic nitrogens is 1. The largest absolute Gasteiger partial charge is 0.460 e. The minimum Gasteiger partial charge on any atom is -0.459 e. The van der Waals surface area contributed by atoms with Crippen LogP contribution in [0.3, 0.4) is 0 Å². The number of esters is 1. The summed E-state index contributed by atoms with van der Waals surface area (Å²) in [6, 6.07) is 1.19. The third kappa shape index (κ3) is 3.74. The molecule has 6 nitrogen and oxygen atoms in total. The Kier molecular flexibility index (Phi) is 6.43. The number of ether oxygens (including phenoxy) is 1. The van der Waals surface area contributed by atoms with Gasteiger partial charge in [0.05, 0.1) is 6.61 Å². The molecule has 17 heteroatoms. The minimum atomic E-state index is -7.48. The molecule has 1 atom stereocenters. The van der Waals surface area contributed by atoms with Crippen LogP contribution in [0.4, 0.5) is 39.5 Å². The molecule has 0 aliphatic heterocycles. The van der Waals surface area contributed by atoms with Gasteiger partial charge in [0.2, 0.25) is 5.75 Å². The lowest BCUT2D eigenvalue weighted by Gasteiger charge is -2.32. The van der Waals surface area contributed by atoms with E-state index >= 15 is 0 Å². The summed E-state index contributed by atoms with van der Waals surface area (Å²) in [5.41, 5.74) is 0. The van der Waals surface area contributed by atoms with E-state index in [4.69, 9.17) is 0 Å². The predicted molar refractivity (Wildman–Crippen MR) is 91.6 cm³/mol. The molecule has 0 N–H and O–H groups in total. The standard InChI is InChI=1S/C15H11F9NO5S2/c1-3-29-11(26)10-9(7-6-25-5-4-8(7)31(10)2)30-32(27,28)15(23,24)13(18,19)12(16,17)14(20,21)22/h4-6H,3H2,1-2H3/q+1. The second-order valence-corrected chi connectivity index (χ2v) is 9.42. The summed E-state index contributed by atoms with van der Waals surface area (Å²) < 4.78 is 151. The average Bonchev–Trinajstić information content (AvgIpc) is 2.92. The van der Waals surface area contributed by atoms with Crippen molar-refractivity contribution in [1.82, 2.24) is 4.98 Å². The Labute approximate surface area is 176 Å². The van der Waals surface area contributed by atoms with Gasteiger partial charge in [0.15, 0.2) is 4.70 Å². The van der Waals surface area contributed by atoms with Crippen LogP contribution >= 0.6 is 10.5 Å². The van der Waals surface area contributed by atoms with Crippen LogP contribution in [0.1, 0.15) is 16.6 Å². The Balaban J connectivity index is 2.71. The number of fused-ring (bicyclic) bond motifs is 1. The number of aryl methyl sites for hydroxylation is 1. The van der Waals surface area contributed by atoms with Gasteiger partial charge in [-0.15, -0.1) is 0 Å². The second-order valence-electron chi connectivity index (χ2n) is 5.96. The Morgan fingerprint density at radius 1 is 1.06 bits per heavy atom. The summed E-state index contributed by atoms with van der Waals surface area (Å²) >= 11 is 0. The zero-order chi connectivity index (χ0) is 24.9. The van der Waals surface area contributed by atoms with Gasteiger partial charge in [0.1, 0.15) is 11.6 Å². The number of nitrogens with zero attached hydrogens (tertiary/aromatic N) is 1. The van der Waals surface area contributed by atoms with Crippen LogP contribution in [0.2, 0.25) is 0 Å². The molecule has 0 amide bonds. The molecule has 0 aliphatic rings. The van der Waals surface area contributed by atoms with Crippen molar-refractivity contribution in [2.24, 2.45) is 6.26 Å². The van der Waals surface area contributed by atoms with E-state index in [1.54, 1.807) is 0 Å². The van der Waals surface area contributed by atoms with Gasteiger partial charge in [0.25, 0.3) is 0 Å². The minimum absolute atomic E-state index is 0.0592. The van der Waals surface area contributed by atoms with Crippen molar-refractivity contribution in [2.75, 3.05) is 6.61 Å². The lowest BCUT2D eigenvalue weighted by atomic mass is 10.1. The van der Waals surface area contributed by atoms with Gasteiger partial charge >= 0.3 is 44.2 Å². The second kappa shape index (κ2) is 7.93. The molecular weight excluding hydrogens is 509 g/mol. The molecule has 180 valence electrons. The SMILES string of the molecule is CCOC(=O)c1c(OS(=O)(=O)C(F)(F)C(F)(F)C(F)(F)C(F)(F)F)c2cnccc2[s+]1C. The smallest absolute Gasteiger partial charge is 0.459 e. The van der Waals surface area contributed by atoms with Gasteiger partial charge in [-0.1, -0.05) is 0 Å². The Bertz CT molecular complexity index is 1140. The molecule has 0 bridgehead atoms. The van der Waals surface area contributed by atoms with Crippen molar-refractivity contribution in [3.63, 3.8) is 0 Å². The number of rotatable bonds is 7. The van der Waals surface area contributed by atoms with Gasteiger partial charge < -0.3 is 8.92 Å². The molecule has 1 unspecified atom stereocenters. The molecule has 2 aromatic rings. The summed E-state index contributed by atoms with van der Waals surface area (Å²) in [5, 5.41) is -7.55. The van der Waals surface area contributed by atoms with E-state index in [1.807, 2.05) is 0 Å². The first-order chi connectivity index (χ1) is 14.3. The highest BCUT2D eigenvalue weighted by Gasteiger charge is 2.86. The highest BCUT2D eigenvalue weighted by Crippen LogP contribution is 2.55. The Hall–Kier alpha value is -2.30. The molecular formula is C15H11F9NO5S2+. The first kappa shape index (κ1) is 26.0. The first-order valence-corrected chi connectivity index (χ1v) is 11.0. The lowest BCUT2D eigenvalue weighted by Crippen LogP contribution is -2.63. The predicted octanol–water partition coefficient (Wildman–Crippen LogP) is 4.83. The molecule has 0 aliphatic carbocycles. The van der Waals surface area contributed by atoms with Crippen LogP contribution in [-0.2, 0) is 21.1 Å². The highest BCUT2D eigenvalue weighted by atomic mass is 32.2. The fourth-order valence-electron chi connectivity index (χ4n) is 2.37. The van der Waals surface area contributed by atoms with Crippen molar-refractivity contribution in [2.45, 2.75) is 30.2 Å². The topological polar surface area (TPSA) is 82.6 Å². The highest BCUT2D eigenvalue weighted by molar-refractivity contribution is 7.88. The zero-order valence-corrected chi connectivity index (χ0v) is 17.3. The molecule has 0 saturated heterocycles. The Morgan fingerprint density at radius 2 is 1.62 bits per heavy atom. The number of alkyl halides is 9. The van der Waals surface area contributed by atoms with Crippen molar-refractivity contribution >= 4 is 36.6 Å². The molecule has 2 rings (SSSR count). The van der Waals surface area contributed by atoms with E-state index in [2.05, 4.69) is 13.9 Å². The molecule has 0 radical (unpaired) electrons. The number of carbonyl (C=O) groups excluding carboxylic acids is 1. The van der Waals surface area contributed by atoms with Crippen molar-refractivity contribution < 1.29 is 61.6 Å². The summed E-state index contributed by atoms with van der Waals surface area (Å²) in [6.45, 7) is 1.00. The van der Waals surface area contributed by atoms with E-state index in [0.717, 1.165) is 12.4 Å². The number of hydrogen-bond acceptors (Lipinski definition) is 6. The van der Waals surface area contributed by atoms with E-state index in [1.165, 1.54) is 19.2 Å². The molecule has 0 fully saturated rings.